The van der Waals surface area contributed by atoms with Crippen molar-refractivity contribution in [2.24, 2.45) is 0 Å². The Bertz CT molecular complexity index is 537. The Labute approximate surface area is 125 Å². The van der Waals surface area contributed by atoms with Gasteiger partial charge in [0.15, 0.2) is 0 Å². The Kier molecular flexibility index (Phi) is 6.19. The lowest BCUT2D eigenvalue weighted by atomic mass is 10.0. The van der Waals surface area contributed by atoms with E-state index in [1.165, 1.54) is 7.11 Å². The molecule has 5 nitrogen and oxygen atoms in total. The molecule has 0 aromatic heterocycles. The highest BCUT2D eigenvalue weighted by Gasteiger charge is 2.32. The van der Waals surface area contributed by atoms with Gasteiger partial charge in [-0.25, -0.2) is 0 Å². The fourth-order valence-electron chi connectivity index (χ4n) is 1.79. The molecule has 0 aliphatic heterocycles. The van der Waals surface area contributed by atoms with Crippen LogP contribution in [0.25, 0.3) is 0 Å². The number of nitrogens with zero attached hydrogens (tertiary/aromatic N) is 1. The van der Waals surface area contributed by atoms with Crippen LogP contribution in [0.3, 0.4) is 0 Å². The van der Waals surface area contributed by atoms with Crippen LogP contribution in [0.2, 0.25) is 0 Å². The Hall–Kier alpha value is -2.06. The molecule has 0 spiro atoms. The molecule has 1 amide bonds. The van der Waals surface area contributed by atoms with Gasteiger partial charge in [-0.3, -0.25) is 4.79 Å². The van der Waals surface area contributed by atoms with Gasteiger partial charge in [0.2, 0.25) is 0 Å². The highest BCUT2D eigenvalue weighted by atomic mass is 16.5. The van der Waals surface area contributed by atoms with Crippen molar-refractivity contribution in [1.29, 1.82) is 5.26 Å². The third kappa shape index (κ3) is 4.20. The molecule has 0 saturated carbocycles. The van der Waals surface area contributed by atoms with Crippen molar-refractivity contribution in [3.63, 3.8) is 0 Å². The molecule has 1 aromatic rings. The van der Waals surface area contributed by atoms with Crippen molar-refractivity contribution in [1.82, 2.24) is 0 Å². The van der Waals surface area contributed by atoms with E-state index in [9.17, 15) is 4.79 Å². The summed E-state index contributed by atoms with van der Waals surface area (Å²) in [4.78, 5) is 12.4. The third-order valence-corrected chi connectivity index (χ3v) is 3.36. The van der Waals surface area contributed by atoms with Crippen molar-refractivity contribution in [2.75, 3.05) is 19.0 Å². The molecule has 5 heteroatoms. The molecule has 0 aliphatic rings. The normalized spacial score (nSPS) is 13.1. The van der Waals surface area contributed by atoms with Gasteiger partial charge in [0.25, 0.3) is 5.91 Å². The minimum atomic E-state index is -0.872. The van der Waals surface area contributed by atoms with Crippen LogP contribution >= 0.6 is 0 Å². The number of carbonyl (C=O) groups excluding carboxylic acids is 1. The fraction of sp³-hybridized carbons (Fsp3) is 0.500. The maximum atomic E-state index is 12.4. The summed E-state index contributed by atoms with van der Waals surface area (Å²) >= 11 is 0. The molecule has 1 aromatic carbocycles. The molecule has 0 unspecified atom stereocenters. The van der Waals surface area contributed by atoms with Crippen LogP contribution in [-0.2, 0) is 9.53 Å². The van der Waals surface area contributed by atoms with Crippen LogP contribution < -0.4 is 10.1 Å². The van der Waals surface area contributed by atoms with Gasteiger partial charge in [-0.1, -0.05) is 13.8 Å². The van der Waals surface area contributed by atoms with Crippen molar-refractivity contribution in [2.45, 2.75) is 39.2 Å². The number of hydrogen-bond acceptors (Lipinski definition) is 4. The highest BCUT2D eigenvalue weighted by molar-refractivity contribution is 5.97. The number of rotatable bonds is 7. The van der Waals surface area contributed by atoms with Gasteiger partial charge in [0, 0.05) is 12.3 Å². The van der Waals surface area contributed by atoms with Crippen molar-refractivity contribution in [3.8, 4) is 11.8 Å². The zero-order valence-corrected chi connectivity index (χ0v) is 13.0. The van der Waals surface area contributed by atoms with Gasteiger partial charge < -0.3 is 14.8 Å². The number of amides is 1. The van der Waals surface area contributed by atoms with E-state index in [2.05, 4.69) is 5.32 Å². The number of anilines is 1. The SMILES string of the molecule is CCCO[C@](C)(CC)C(=O)Nc1ccc(OC)c(C#N)c1. The van der Waals surface area contributed by atoms with Gasteiger partial charge in [-0.15, -0.1) is 0 Å². The summed E-state index contributed by atoms with van der Waals surface area (Å²) in [5, 5.41) is 11.9. The molecule has 0 saturated heterocycles. The van der Waals surface area contributed by atoms with E-state index in [0.717, 1.165) is 6.42 Å². The monoisotopic (exact) mass is 290 g/mol. The number of nitriles is 1. The number of carbonyl (C=O) groups is 1. The molecule has 1 N–H and O–H groups in total. The molecule has 0 aliphatic carbocycles. The van der Waals surface area contributed by atoms with Gasteiger partial charge >= 0.3 is 0 Å². The number of hydrogen-bond donors (Lipinski definition) is 1. The predicted octanol–water partition coefficient (Wildman–Crippen LogP) is 3.10. The van der Waals surface area contributed by atoms with Gasteiger partial charge in [0.1, 0.15) is 17.4 Å². The molecule has 0 bridgehead atoms. The number of nitrogens with one attached hydrogen (secondary N) is 1. The van der Waals surface area contributed by atoms with E-state index in [4.69, 9.17) is 14.7 Å². The summed E-state index contributed by atoms with van der Waals surface area (Å²) < 4.78 is 10.7. The van der Waals surface area contributed by atoms with Gasteiger partial charge in [-0.05, 0) is 38.0 Å². The average Bonchev–Trinajstić information content (AvgIpc) is 2.52. The first-order valence-corrected chi connectivity index (χ1v) is 7.04. The Balaban J connectivity index is 2.89. The molecular weight excluding hydrogens is 268 g/mol. The zero-order valence-electron chi connectivity index (χ0n) is 13.0. The summed E-state index contributed by atoms with van der Waals surface area (Å²) in [5.74, 6) is 0.267. The van der Waals surface area contributed by atoms with Crippen LogP contribution in [0, 0.1) is 11.3 Å². The predicted molar refractivity (Wildman–Crippen MR) is 81.3 cm³/mol. The van der Waals surface area contributed by atoms with E-state index in [1.807, 2.05) is 19.9 Å². The van der Waals surface area contributed by atoms with Crippen LogP contribution in [0.5, 0.6) is 5.75 Å². The topological polar surface area (TPSA) is 71.3 Å². The molecular formula is C16H22N2O3. The van der Waals surface area contributed by atoms with Crippen molar-refractivity contribution in [3.05, 3.63) is 23.8 Å². The van der Waals surface area contributed by atoms with Crippen molar-refractivity contribution >= 4 is 11.6 Å². The lowest BCUT2D eigenvalue weighted by molar-refractivity contribution is -0.139. The summed E-state index contributed by atoms with van der Waals surface area (Å²) in [7, 11) is 1.50. The van der Waals surface area contributed by atoms with E-state index in [0.29, 0.717) is 30.0 Å². The molecule has 0 radical (unpaired) electrons. The second-order valence-electron chi connectivity index (χ2n) is 4.91. The zero-order chi connectivity index (χ0) is 15.9. The number of methoxy groups -OCH3 is 1. The second kappa shape index (κ2) is 7.65. The van der Waals surface area contributed by atoms with Crippen LogP contribution in [0.1, 0.15) is 39.2 Å². The Morgan fingerprint density at radius 3 is 2.67 bits per heavy atom. The largest absolute Gasteiger partial charge is 0.495 e. The standard InChI is InChI=1S/C16H22N2O3/c1-5-9-21-16(3,6-2)15(19)18-13-7-8-14(20-4)12(10-13)11-17/h7-8,10H,5-6,9H2,1-4H3,(H,18,19)/t16-/m1/s1. The third-order valence-electron chi connectivity index (χ3n) is 3.36. The minimum absolute atomic E-state index is 0.215. The average molecular weight is 290 g/mol. The fourth-order valence-corrected chi connectivity index (χ4v) is 1.79. The van der Waals surface area contributed by atoms with Crippen molar-refractivity contribution < 1.29 is 14.3 Å². The van der Waals surface area contributed by atoms with Crippen LogP contribution in [-0.4, -0.2) is 25.2 Å². The van der Waals surface area contributed by atoms with Gasteiger partial charge in [0.05, 0.1) is 12.7 Å². The molecule has 0 heterocycles. The van der Waals surface area contributed by atoms with Crippen LogP contribution in [0.4, 0.5) is 5.69 Å². The molecule has 0 fully saturated rings. The minimum Gasteiger partial charge on any atom is -0.495 e. The second-order valence-corrected chi connectivity index (χ2v) is 4.91. The lowest BCUT2D eigenvalue weighted by Gasteiger charge is -2.27. The number of ether oxygens (including phenoxy) is 2. The number of benzene rings is 1. The van der Waals surface area contributed by atoms with Gasteiger partial charge in [-0.2, -0.15) is 5.26 Å². The van der Waals surface area contributed by atoms with Crippen LogP contribution in [0.15, 0.2) is 18.2 Å². The Morgan fingerprint density at radius 1 is 1.43 bits per heavy atom. The molecule has 114 valence electrons. The molecule has 1 atom stereocenters. The summed E-state index contributed by atoms with van der Waals surface area (Å²) in [5.41, 5.74) is 0.0584. The summed E-state index contributed by atoms with van der Waals surface area (Å²) in [6.45, 7) is 6.21. The first-order chi connectivity index (χ1) is 10.0. The maximum Gasteiger partial charge on any atom is 0.256 e. The first-order valence-electron chi connectivity index (χ1n) is 7.04. The molecule has 21 heavy (non-hydrogen) atoms. The maximum absolute atomic E-state index is 12.4. The smallest absolute Gasteiger partial charge is 0.256 e. The van der Waals surface area contributed by atoms with E-state index in [-0.39, 0.29) is 5.91 Å². The highest BCUT2D eigenvalue weighted by Crippen LogP contribution is 2.24. The molecule has 1 rings (SSSR count). The quantitative estimate of drug-likeness (QED) is 0.837. The van der Waals surface area contributed by atoms with E-state index >= 15 is 0 Å². The summed E-state index contributed by atoms with van der Waals surface area (Å²) in [6, 6.07) is 6.99. The van der Waals surface area contributed by atoms with E-state index in [1.54, 1.807) is 25.1 Å². The summed E-state index contributed by atoms with van der Waals surface area (Å²) in [6.07, 6.45) is 1.42. The first kappa shape index (κ1) is 17.0. The lowest BCUT2D eigenvalue weighted by Crippen LogP contribution is -2.42. The van der Waals surface area contributed by atoms with E-state index < -0.39 is 5.60 Å². The Morgan fingerprint density at radius 2 is 2.14 bits per heavy atom.